The molecule has 0 aromatic carbocycles. The third-order valence-electron chi connectivity index (χ3n) is 2.90. The molecule has 1 aliphatic rings. The number of hydrogen-bond acceptors (Lipinski definition) is 1. The van der Waals surface area contributed by atoms with Gasteiger partial charge < -0.3 is 0 Å². The Balaban J connectivity index is 2.21. The highest BCUT2D eigenvalue weighted by molar-refractivity contribution is 9.09. The van der Waals surface area contributed by atoms with Crippen molar-refractivity contribution in [2.24, 2.45) is 5.41 Å². The SMILES string of the molecule is CSCCCC1(C)CCC(Br)C1. The van der Waals surface area contributed by atoms with Crippen LogP contribution in [0.1, 0.15) is 39.0 Å². The topological polar surface area (TPSA) is 0 Å². The van der Waals surface area contributed by atoms with Crippen LogP contribution in [0.2, 0.25) is 0 Å². The quantitative estimate of drug-likeness (QED) is 0.536. The van der Waals surface area contributed by atoms with Gasteiger partial charge in [0.25, 0.3) is 0 Å². The summed E-state index contributed by atoms with van der Waals surface area (Å²) in [4.78, 5) is 0.803. The third-order valence-corrected chi connectivity index (χ3v) is 4.38. The van der Waals surface area contributed by atoms with E-state index in [9.17, 15) is 0 Å². The lowest BCUT2D eigenvalue weighted by atomic mass is 9.84. The van der Waals surface area contributed by atoms with Crippen LogP contribution >= 0.6 is 27.7 Å². The molecule has 2 unspecified atom stereocenters. The van der Waals surface area contributed by atoms with Gasteiger partial charge in [-0.25, -0.2) is 0 Å². The van der Waals surface area contributed by atoms with Gasteiger partial charge in [-0.1, -0.05) is 22.9 Å². The molecular formula is C10H19BrS. The summed E-state index contributed by atoms with van der Waals surface area (Å²) in [7, 11) is 0. The lowest BCUT2D eigenvalue weighted by Crippen LogP contribution is -2.12. The molecule has 0 N–H and O–H groups in total. The molecule has 0 aliphatic heterocycles. The Labute approximate surface area is 89.0 Å². The number of alkyl halides is 1. The zero-order valence-electron chi connectivity index (χ0n) is 8.11. The molecule has 0 bridgehead atoms. The van der Waals surface area contributed by atoms with Crippen LogP contribution in [0.4, 0.5) is 0 Å². The maximum absolute atomic E-state index is 3.72. The molecule has 0 spiro atoms. The van der Waals surface area contributed by atoms with Crippen molar-refractivity contribution in [3.63, 3.8) is 0 Å². The van der Waals surface area contributed by atoms with Gasteiger partial charge in [-0.3, -0.25) is 0 Å². The maximum Gasteiger partial charge on any atom is 0.0151 e. The van der Waals surface area contributed by atoms with Gasteiger partial charge >= 0.3 is 0 Å². The van der Waals surface area contributed by atoms with Crippen molar-refractivity contribution in [1.82, 2.24) is 0 Å². The van der Waals surface area contributed by atoms with Crippen LogP contribution in [0, 0.1) is 5.41 Å². The minimum atomic E-state index is 0.657. The van der Waals surface area contributed by atoms with Gasteiger partial charge in [-0.05, 0) is 49.5 Å². The summed E-state index contributed by atoms with van der Waals surface area (Å²) in [6.07, 6.45) is 9.23. The molecule has 2 atom stereocenters. The average molecular weight is 251 g/mol. The maximum atomic E-state index is 3.72. The van der Waals surface area contributed by atoms with Gasteiger partial charge in [-0.15, -0.1) is 0 Å². The zero-order chi connectivity index (χ0) is 9.03. The molecule has 1 saturated carbocycles. The first-order valence-electron chi connectivity index (χ1n) is 4.79. The minimum absolute atomic E-state index is 0.657. The second-order valence-corrected chi connectivity index (χ2v) is 6.53. The first-order valence-corrected chi connectivity index (χ1v) is 7.10. The molecule has 2 heteroatoms. The van der Waals surface area contributed by atoms with Crippen LogP contribution in [0.15, 0.2) is 0 Å². The second-order valence-electron chi connectivity index (χ2n) is 4.25. The molecule has 0 aromatic heterocycles. The van der Waals surface area contributed by atoms with E-state index in [4.69, 9.17) is 0 Å². The van der Waals surface area contributed by atoms with Crippen molar-refractivity contribution >= 4 is 27.7 Å². The van der Waals surface area contributed by atoms with Crippen LogP contribution < -0.4 is 0 Å². The fourth-order valence-corrected chi connectivity index (χ4v) is 3.56. The van der Waals surface area contributed by atoms with Crippen LogP contribution in [0.3, 0.4) is 0 Å². The Hall–Kier alpha value is 0.830. The summed E-state index contributed by atoms with van der Waals surface area (Å²) in [5.41, 5.74) is 0.657. The van der Waals surface area contributed by atoms with Crippen molar-refractivity contribution in [3.05, 3.63) is 0 Å². The Morgan fingerprint density at radius 1 is 1.58 bits per heavy atom. The van der Waals surface area contributed by atoms with E-state index in [0.717, 1.165) is 4.83 Å². The highest BCUT2D eigenvalue weighted by Crippen LogP contribution is 2.44. The zero-order valence-corrected chi connectivity index (χ0v) is 10.5. The Kier molecular flexibility index (Phi) is 4.45. The van der Waals surface area contributed by atoms with Gasteiger partial charge in [0.05, 0.1) is 0 Å². The van der Waals surface area contributed by atoms with E-state index in [-0.39, 0.29) is 0 Å². The van der Waals surface area contributed by atoms with Gasteiger partial charge in [0.1, 0.15) is 0 Å². The van der Waals surface area contributed by atoms with Gasteiger partial charge in [0.15, 0.2) is 0 Å². The molecule has 0 nitrogen and oxygen atoms in total. The molecule has 0 radical (unpaired) electrons. The largest absolute Gasteiger partial charge is 0.165 e. The molecule has 12 heavy (non-hydrogen) atoms. The molecule has 1 fully saturated rings. The van der Waals surface area contributed by atoms with E-state index in [1.165, 1.54) is 37.9 Å². The number of halogens is 1. The molecule has 0 aromatic rings. The summed E-state index contributed by atoms with van der Waals surface area (Å²) in [6, 6.07) is 0. The molecule has 0 heterocycles. The van der Waals surface area contributed by atoms with Crippen LogP contribution in [-0.4, -0.2) is 16.8 Å². The highest BCUT2D eigenvalue weighted by atomic mass is 79.9. The van der Waals surface area contributed by atoms with Crippen molar-refractivity contribution in [2.45, 2.75) is 43.9 Å². The fraction of sp³-hybridized carbons (Fsp3) is 1.00. The van der Waals surface area contributed by atoms with Crippen molar-refractivity contribution in [2.75, 3.05) is 12.0 Å². The number of hydrogen-bond donors (Lipinski definition) is 0. The predicted molar refractivity (Wildman–Crippen MR) is 62.3 cm³/mol. The summed E-state index contributed by atoms with van der Waals surface area (Å²) >= 11 is 5.69. The van der Waals surface area contributed by atoms with Crippen LogP contribution in [0.25, 0.3) is 0 Å². The summed E-state index contributed by atoms with van der Waals surface area (Å²) in [5, 5.41) is 0. The Bertz CT molecular complexity index is 138. The lowest BCUT2D eigenvalue weighted by Gasteiger charge is -2.23. The van der Waals surface area contributed by atoms with Crippen molar-refractivity contribution in [1.29, 1.82) is 0 Å². The Morgan fingerprint density at radius 2 is 2.33 bits per heavy atom. The predicted octanol–water partition coefficient (Wildman–Crippen LogP) is 4.08. The standard InChI is InChI=1S/C10H19BrS/c1-10(5-3-7-12-2)6-4-9(11)8-10/h9H,3-8H2,1-2H3. The fourth-order valence-electron chi connectivity index (χ4n) is 2.11. The highest BCUT2D eigenvalue weighted by Gasteiger charge is 2.32. The smallest absolute Gasteiger partial charge is 0.0151 e. The van der Waals surface area contributed by atoms with E-state index in [2.05, 4.69) is 29.1 Å². The molecular weight excluding hydrogens is 232 g/mol. The Morgan fingerprint density at radius 3 is 2.83 bits per heavy atom. The van der Waals surface area contributed by atoms with E-state index in [1.54, 1.807) is 0 Å². The summed E-state index contributed by atoms with van der Waals surface area (Å²) < 4.78 is 0. The lowest BCUT2D eigenvalue weighted by molar-refractivity contribution is 0.307. The number of thioether (sulfide) groups is 1. The first-order chi connectivity index (χ1) is 5.66. The van der Waals surface area contributed by atoms with E-state index in [0.29, 0.717) is 5.41 Å². The van der Waals surface area contributed by atoms with Gasteiger partial charge in [-0.2, -0.15) is 11.8 Å². The van der Waals surface area contributed by atoms with Gasteiger partial charge in [0.2, 0.25) is 0 Å². The second kappa shape index (κ2) is 4.90. The monoisotopic (exact) mass is 250 g/mol. The van der Waals surface area contributed by atoms with E-state index >= 15 is 0 Å². The molecule has 1 aliphatic carbocycles. The average Bonchev–Trinajstić information content (AvgIpc) is 2.32. The van der Waals surface area contributed by atoms with Crippen LogP contribution in [0.5, 0.6) is 0 Å². The molecule has 0 saturated heterocycles. The minimum Gasteiger partial charge on any atom is -0.165 e. The first kappa shape index (κ1) is 10.9. The molecule has 1 rings (SSSR count). The van der Waals surface area contributed by atoms with Crippen molar-refractivity contribution < 1.29 is 0 Å². The third kappa shape index (κ3) is 3.29. The summed E-state index contributed by atoms with van der Waals surface area (Å²) in [5.74, 6) is 1.34. The van der Waals surface area contributed by atoms with E-state index in [1.807, 2.05) is 11.8 Å². The van der Waals surface area contributed by atoms with Crippen LogP contribution in [-0.2, 0) is 0 Å². The van der Waals surface area contributed by atoms with E-state index < -0.39 is 0 Å². The normalized spacial score (nSPS) is 35.8. The van der Waals surface area contributed by atoms with Crippen molar-refractivity contribution in [3.8, 4) is 0 Å². The molecule has 0 amide bonds. The molecule has 72 valence electrons. The summed E-state index contributed by atoms with van der Waals surface area (Å²) in [6.45, 7) is 2.45. The number of rotatable bonds is 4. The van der Waals surface area contributed by atoms with Gasteiger partial charge in [0, 0.05) is 4.83 Å².